The Bertz CT molecular complexity index is 294. The lowest BCUT2D eigenvalue weighted by atomic mass is 10.1. The number of aliphatic hydroxyl groups is 1. The zero-order valence-corrected chi connectivity index (χ0v) is 10.8. The van der Waals surface area contributed by atoms with Crippen molar-refractivity contribution in [2.75, 3.05) is 19.7 Å². The highest BCUT2D eigenvalue weighted by Gasteiger charge is 2.10. The predicted molar refractivity (Wildman–Crippen MR) is 68.1 cm³/mol. The molecular formula is C12H22N2O3. The first-order valence-electron chi connectivity index (χ1n) is 5.76. The Kier molecular flexibility index (Phi) is 8.05. The molecule has 98 valence electrons. The molecule has 0 bridgehead atoms. The van der Waals surface area contributed by atoms with Crippen LogP contribution in [0, 0.1) is 10.1 Å². The third-order valence-electron chi connectivity index (χ3n) is 2.33. The zero-order chi connectivity index (χ0) is 13.3. The predicted octanol–water partition coefficient (Wildman–Crippen LogP) is 2.17. The number of nitrogens with zero attached hydrogens (tertiary/aromatic N) is 2. The van der Waals surface area contributed by atoms with Crippen LogP contribution in [-0.2, 0) is 0 Å². The Hall–Kier alpha value is -1.36. The molecule has 0 aromatic rings. The van der Waals surface area contributed by atoms with Gasteiger partial charge in [-0.15, -0.1) is 5.01 Å². The third kappa shape index (κ3) is 8.45. The smallest absolute Gasteiger partial charge is 0.160 e. The second-order valence-corrected chi connectivity index (χ2v) is 4.24. The number of nitro groups is 1. The third-order valence-corrected chi connectivity index (χ3v) is 2.33. The van der Waals surface area contributed by atoms with Crippen LogP contribution in [0.15, 0.2) is 23.3 Å². The van der Waals surface area contributed by atoms with Gasteiger partial charge in [0.2, 0.25) is 0 Å². The minimum absolute atomic E-state index is 0.0603. The van der Waals surface area contributed by atoms with E-state index in [-0.39, 0.29) is 19.7 Å². The Morgan fingerprint density at radius 3 is 2.47 bits per heavy atom. The summed E-state index contributed by atoms with van der Waals surface area (Å²) in [6, 6.07) is 0. The summed E-state index contributed by atoms with van der Waals surface area (Å²) in [7, 11) is 0. The van der Waals surface area contributed by atoms with E-state index in [1.807, 2.05) is 13.0 Å². The lowest BCUT2D eigenvalue weighted by Gasteiger charge is -2.10. The largest absolute Gasteiger partial charge is 0.394 e. The zero-order valence-electron chi connectivity index (χ0n) is 10.8. The monoisotopic (exact) mass is 242 g/mol. The normalized spacial score (nSPS) is 11.2. The summed E-state index contributed by atoms with van der Waals surface area (Å²) in [5.41, 5.74) is 2.41. The van der Waals surface area contributed by atoms with Crippen LogP contribution in [0.25, 0.3) is 0 Å². The fraction of sp³-hybridized carbons (Fsp3) is 0.667. The van der Waals surface area contributed by atoms with Gasteiger partial charge in [0.25, 0.3) is 0 Å². The summed E-state index contributed by atoms with van der Waals surface area (Å²) in [6.45, 7) is 6.17. The van der Waals surface area contributed by atoms with Crippen molar-refractivity contribution in [2.24, 2.45) is 0 Å². The van der Waals surface area contributed by atoms with Gasteiger partial charge in [-0.3, -0.25) is 0 Å². The molecule has 0 heterocycles. The molecule has 0 radical (unpaired) electrons. The van der Waals surface area contributed by atoms with Crippen molar-refractivity contribution in [1.82, 2.24) is 5.01 Å². The van der Waals surface area contributed by atoms with Gasteiger partial charge >= 0.3 is 0 Å². The Morgan fingerprint density at radius 1 is 1.35 bits per heavy atom. The van der Waals surface area contributed by atoms with Gasteiger partial charge in [-0.1, -0.05) is 23.3 Å². The van der Waals surface area contributed by atoms with Crippen LogP contribution in [0.3, 0.4) is 0 Å². The molecule has 17 heavy (non-hydrogen) atoms. The Labute approximate surface area is 103 Å². The van der Waals surface area contributed by atoms with Gasteiger partial charge in [0, 0.05) is 0 Å². The van der Waals surface area contributed by atoms with E-state index < -0.39 is 5.03 Å². The van der Waals surface area contributed by atoms with E-state index in [4.69, 9.17) is 5.11 Å². The first-order chi connectivity index (χ1) is 7.97. The molecule has 0 aliphatic heterocycles. The van der Waals surface area contributed by atoms with Crippen molar-refractivity contribution in [2.45, 2.75) is 33.6 Å². The first kappa shape index (κ1) is 15.6. The van der Waals surface area contributed by atoms with Gasteiger partial charge in [0.15, 0.2) is 5.03 Å². The molecule has 0 saturated heterocycles. The molecule has 0 unspecified atom stereocenters. The average Bonchev–Trinajstić information content (AvgIpc) is 2.23. The average molecular weight is 242 g/mol. The molecule has 0 aliphatic rings. The van der Waals surface area contributed by atoms with Crippen LogP contribution in [0.1, 0.15) is 33.6 Å². The number of hydrogen-bond acceptors (Lipinski definition) is 3. The topological polar surface area (TPSA) is 66.6 Å². The number of rotatable bonds is 8. The number of hydrazine groups is 1. The summed E-state index contributed by atoms with van der Waals surface area (Å²) in [4.78, 5) is 10.6. The van der Waals surface area contributed by atoms with Crippen LogP contribution in [-0.4, -0.2) is 34.8 Å². The van der Waals surface area contributed by atoms with Gasteiger partial charge in [-0.25, -0.2) is 10.1 Å². The molecule has 0 aromatic carbocycles. The second kappa shape index (κ2) is 8.75. The van der Waals surface area contributed by atoms with E-state index in [1.165, 1.54) is 5.57 Å². The highest BCUT2D eigenvalue weighted by Crippen LogP contribution is 2.06. The summed E-state index contributed by atoms with van der Waals surface area (Å²) in [6.07, 6.45) is 5.87. The number of aliphatic hydroxyl groups excluding tert-OH is 1. The summed E-state index contributed by atoms with van der Waals surface area (Å²) in [5, 5.41) is 19.8. The molecule has 0 atom stereocenters. The lowest BCUT2D eigenvalue weighted by Crippen LogP contribution is -2.32. The molecule has 0 rings (SSSR count). The van der Waals surface area contributed by atoms with Crippen molar-refractivity contribution >= 4 is 0 Å². The molecule has 5 nitrogen and oxygen atoms in total. The molecule has 0 aromatic heterocycles. The number of allylic oxidation sites excluding steroid dienone is 3. The Morgan fingerprint density at radius 2 is 2.00 bits per heavy atom. The second-order valence-electron chi connectivity index (χ2n) is 4.24. The number of hydrogen-bond donors (Lipinski definition) is 1. The van der Waals surface area contributed by atoms with Crippen molar-refractivity contribution in [3.8, 4) is 0 Å². The molecule has 5 heteroatoms. The molecule has 0 amide bonds. The maximum atomic E-state index is 10.6. The van der Waals surface area contributed by atoms with Crippen LogP contribution in [0.5, 0.6) is 0 Å². The first-order valence-corrected chi connectivity index (χ1v) is 5.76. The van der Waals surface area contributed by atoms with Gasteiger partial charge in [-0.05, 0) is 33.6 Å². The fourth-order valence-corrected chi connectivity index (χ4v) is 1.31. The van der Waals surface area contributed by atoms with Crippen LogP contribution in [0.4, 0.5) is 0 Å². The van der Waals surface area contributed by atoms with E-state index in [9.17, 15) is 10.1 Å². The molecule has 1 N–H and O–H groups in total. The van der Waals surface area contributed by atoms with Gasteiger partial charge in [0.1, 0.15) is 6.54 Å². The molecule has 0 aliphatic carbocycles. The maximum Gasteiger partial charge on any atom is 0.160 e. The van der Waals surface area contributed by atoms with E-state index in [0.717, 1.165) is 23.4 Å². The standard InChI is InChI=1S/C12H22N2O3/c1-11(2)5-4-6-12(3)7-8-13(9-10-15)14(16)17/h5,7,15H,4,6,8-10H2,1-3H3/b12-7-. The fourth-order valence-electron chi connectivity index (χ4n) is 1.31. The maximum absolute atomic E-state index is 10.6. The van der Waals surface area contributed by atoms with Crippen molar-refractivity contribution < 1.29 is 10.1 Å². The minimum Gasteiger partial charge on any atom is -0.394 e. The minimum atomic E-state index is -0.476. The molecular weight excluding hydrogens is 220 g/mol. The van der Waals surface area contributed by atoms with E-state index >= 15 is 0 Å². The summed E-state index contributed by atoms with van der Waals surface area (Å²) < 4.78 is 0. The Balaban J connectivity index is 4.10. The molecule has 0 fully saturated rings. The molecule has 0 spiro atoms. The highest BCUT2D eigenvalue weighted by atomic mass is 16.7. The van der Waals surface area contributed by atoms with E-state index in [1.54, 1.807) is 0 Å². The van der Waals surface area contributed by atoms with Gasteiger partial charge < -0.3 is 5.11 Å². The lowest BCUT2D eigenvalue weighted by molar-refractivity contribution is -0.653. The van der Waals surface area contributed by atoms with Crippen LogP contribution < -0.4 is 0 Å². The van der Waals surface area contributed by atoms with E-state index in [2.05, 4.69) is 19.9 Å². The SMILES string of the molecule is CC(C)=CCC/C(C)=C\CN(CCO)[N+](=O)[O-]. The van der Waals surface area contributed by atoms with Gasteiger partial charge in [-0.2, -0.15) is 0 Å². The van der Waals surface area contributed by atoms with Gasteiger partial charge in [0.05, 0.1) is 13.2 Å². The van der Waals surface area contributed by atoms with Crippen molar-refractivity contribution in [1.29, 1.82) is 0 Å². The van der Waals surface area contributed by atoms with Crippen molar-refractivity contribution in [3.05, 3.63) is 33.4 Å². The van der Waals surface area contributed by atoms with Crippen LogP contribution in [0.2, 0.25) is 0 Å². The van der Waals surface area contributed by atoms with E-state index in [0.29, 0.717) is 0 Å². The molecule has 0 saturated carbocycles. The summed E-state index contributed by atoms with van der Waals surface area (Å²) in [5.74, 6) is 0. The van der Waals surface area contributed by atoms with Crippen LogP contribution >= 0.6 is 0 Å². The summed E-state index contributed by atoms with van der Waals surface area (Å²) >= 11 is 0. The highest BCUT2D eigenvalue weighted by molar-refractivity contribution is 5.02. The van der Waals surface area contributed by atoms with Crippen molar-refractivity contribution in [3.63, 3.8) is 0 Å². The quantitative estimate of drug-likeness (QED) is 0.402.